The van der Waals surface area contributed by atoms with E-state index in [1.165, 1.54) is 0 Å². The van der Waals surface area contributed by atoms with Gasteiger partial charge in [-0.15, -0.1) is 0 Å². The highest BCUT2D eigenvalue weighted by Gasteiger charge is 2.20. The van der Waals surface area contributed by atoms with Crippen LogP contribution in [0.2, 0.25) is 0 Å². The van der Waals surface area contributed by atoms with Crippen LogP contribution in [0.1, 0.15) is 54.7 Å². The Balaban J connectivity index is 2.15. The lowest BCUT2D eigenvalue weighted by molar-refractivity contribution is 0.0944. The van der Waals surface area contributed by atoms with Crippen LogP contribution < -0.4 is 16.6 Å². The van der Waals surface area contributed by atoms with Gasteiger partial charge in [0.05, 0.1) is 12.2 Å². The Labute approximate surface area is 175 Å². The van der Waals surface area contributed by atoms with Crippen LogP contribution in [0.3, 0.4) is 0 Å². The Morgan fingerprint density at radius 2 is 1.70 bits per heavy atom. The molecule has 0 aliphatic carbocycles. The smallest absolute Gasteiger partial charge is 0.350 e. The molecule has 0 unspecified atom stereocenters. The summed E-state index contributed by atoms with van der Waals surface area (Å²) in [5, 5.41) is 6.80. The number of carbonyl (C=O) groups is 1. The van der Waals surface area contributed by atoms with Crippen molar-refractivity contribution in [2.45, 2.75) is 39.7 Å². The fourth-order valence-corrected chi connectivity index (χ4v) is 3.05. The largest absolute Gasteiger partial charge is 0.352 e. The highest BCUT2D eigenvalue weighted by Crippen LogP contribution is 2.15. The molecule has 0 saturated heterocycles. The average molecular weight is 406 g/mol. The van der Waals surface area contributed by atoms with Crippen molar-refractivity contribution in [1.82, 2.24) is 19.7 Å². The van der Waals surface area contributed by atoms with E-state index < -0.39 is 17.2 Å². The van der Waals surface area contributed by atoms with Gasteiger partial charge >= 0.3 is 5.69 Å². The molecule has 3 aromatic rings. The predicted molar refractivity (Wildman–Crippen MR) is 116 cm³/mol. The van der Waals surface area contributed by atoms with Gasteiger partial charge in [0.15, 0.2) is 0 Å². The van der Waals surface area contributed by atoms with Crippen molar-refractivity contribution in [3.05, 3.63) is 92.3 Å². The quantitative estimate of drug-likeness (QED) is 0.654. The second-order valence-electron chi connectivity index (χ2n) is 7.42. The number of hydrogen-bond donors (Lipinski definition) is 1. The molecule has 0 bridgehead atoms. The average Bonchev–Trinajstić information content (AvgIpc) is 2.76. The maximum absolute atomic E-state index is 13.1. The topological polar surface area (TPSA) is 86.0 Å². The molecule has 1 amide bonds. The molecule has 1 N–H and O–H groups in total. The molecule has 0 aliphatic heterocycles. The maximum atomic E-state index is 13.1. The fraction of sp³-hybridized carbons (Fsp3) is 0.304. The van der Waals surface area contributed by atoms with Crippen molar-refractivity contribution >= 4 is 5.91 Å². The summed E-state index contributed by atoms with van der Waals surface area (Å²) in [5.41, 5.74) is 0.804. The van der Waals surface area contributed by atoms with Gasteiger partial charge < -0.3 is 5.32 Å². The second-order valence-corrected chi connectivity index (χ2v) is 7.42. The van der Waals surface area contributed by atoms with Gasteiger partial charge in [-0.2, -0.15) is 9.78 Å². The molecule has 0 radical (unpaired) electrons. The van der Waals surface area contributed by atoms with Crippen LogP contribution in [-0.2, 0) is 6.54 Å². The van der Waals surface area contributed by atoms with Gasteiger partial charge in [-0.25, -0.2) is 4.79 Å². The molecule has 156 valence electrons. The number of carbonyl (C=O) groups excluding carboxylic acids is 1. The zero-order valence-electron chi connectivity index (χ0n) is 17.5. The van der Waals surface area contributed by atoms with E-state index in [1.807, 2.05) is 49.4 Å². The molecule has 2 aromatic carbocycles. The van der Waals surface area contributed by atoms with Gasteiger partial charge in [-0.1, -0.05) is 63.2 Å². The lowest BCUT2D eigenvalue weighted by Crippen LogP contribution is -2.46. The monoisotopic (exact) mass is 406 g/mol. The summed E-state index contributed by atoms with van der Waals surface area (Å²) in [7, 11) is 0. The summed E-state index contributed by atoms with van der Waals surface area (Å²) in [4.78, 5) is 38.7. The Morgan fingerprint density at radius 1 is 1.03 bits per heavy atom. The molecule has 1 heterocycles. The van der Waals surface area contributed by atoms with Gasteiger partial charge in [0.1, 0.15) is 0 Å². The summed E-state index contributed by atoms with van der Waals surface area (Å²) < 4.78 is 2.18. The summed E-state index contributed by atoms with van der Waals surface area (Å²) in [6.07, 6.45) is 0.722. The van der Waals surface area contributed by atoms with E-state index in [0.29, 0.717) is 18.2 Å². The minimum absolute atomic E-state index is 0.0547. The van der Waals surface area contributed by atoms with Crippen LogP contribution in [0.5, 0.6) is 0 Å². The van der Waals surface area contributed by atoms with Crippen LogP contribution in [0.4, 0.5) is 0 Å². The molecule has 7 heteroatoms. The van der Waals surface area contributed by atoms with E-state index in [1.54, 1.807) is 12.1 Å². The molecular weight excluding hydrogens is 380 g/mol. The summed E-state index contributed by atoms with van der Waals surface area (Å²) in [6.45, 7) is 6.55. The van der Waals surface area contributed by atoms with Gasteiger partial charge in [0.25, 0.3) is 11.5 Å². The molecule has 0 fully saturated rings. The van der Waals surface area contributed by atoms with E-state index in [4.69, 9.17) is 0 Å². The zero-order valence-corrected chi connectivity index (χ0v) is 17.5. The number of amides is 1. The number of nitrogens with one attached hydrogen (secondary N) is 1. The van der Waals surface area contributed by atoms with Gasteiger partial charge in [-0.05, 0) is 35.6 Å². The Hall–Kier alpha value is -3.48. The zero-order chi connectivity index (χ0) is 21.7. The SMILES string of the molecule is CCCNC(=O)c1nn(-c2ccc(C(C)C)cc2)c(=O)n(Cc2ccccc2)c1=O. The number of rotatable bonds is 7. The Kier molecular flexibility index (Phi) is 6.61. The molecule has 3 rings (SSSR count). The number of benzene rings is 2. The highest BCUT2D eigenvalue weighted by molar-refractivity contribution is 5.91. The van der Waals surface area contributed by atoms with Crippen molar-refractivity contribution in [3.63, 3.8) is 0 Å². The van der Waals surface area contributed by atoms with Crippen LogP contribution in [0.15, 0.2) is 64.2 Å². The standard InChI is InChI=1S/C23H26N4O3/c1-4-14-24-21(28)20-22(29)26(15-17-8-6-5-7-9-17)23(30)27(25-20)19-12-10-18(11-13-19)16(2)3/h5-13,16H,4,14-15H2,1-3H3,(H,24,28). The lowest BCUT2D eigenvalue weighted by Gasteiger charge is -2.13. The van der Waals surface area contributed by atoms with E-state index in [9.17, 15) is 14.4 Å². The molecule has 7 nitrogen and oxygen atoms in total. The van der Waals surface area contributed by atoms with E-state index in [0.717, 1.165) is 26.8 Å². The van der Waals surface area contributed by atoms with Crippen molar-refractivity contribution in [2.24, 2.45) is 0 Å². The molecule has 0 atom stereocenters. The molecular formula is C23H26N4O3. The molecule has 0 aliphatic rings. The third-order valence-corrected chi connectivity index (χ3v) is 4.80. The van der Waals surface area contributed by atoms with Gasteiger partial charge in [0, 0.05) is 6.54 Å². The second kappa shape index (κ2) is 9.35. The normalized spacial score (nSPS) is 10.9. The van der Waals surface area contributed by atoms with Crippen LogP contribution >= 0.6 is 0 Å². The van der Waals surface area contributed by atoms with Crippen LogP contribution in [0.25, 0.3) is 5.69 Å². The first-order valence-electron chi connectivity index (χ1n) is 10.1. The maximum Gasteiger partial charge on any atom is 0.352 e. The lowest BCUT2D eigenvalue weighted by atomic mass is 10.0. The third-order valence-electron chi connectivity index (χ3n) is 4.80. The molecule has 0 spiro atoms. The van der Waals surface area contributed by atoms with Crippen LogP contribution in [-0.4, -0.2) is 26.8 Å². The number of aromatic nitrogens is 3. The number of nitrogens with zero attached hydrogens (tertiary/aromatic N) is 3. The van der Waals surface area contributed by atoms with Gasteiger partial charge in [-0.3, -0.25) is 14.2 Å². The molecule has 30 heavy (non-hydrogen) atoms. The highest BCUT2D eigenvalue weighted by atomic mass is 16.2. The summed E-state index contributed by atoms with van der Waals surface area (Å²) >= 11 is 0. The van der Waals surface area contributed by atoms with Gasteiger partial charge in [0.2, 0.25) is 5.69 Å². The predicted octanol–water partition coefficient (Wildman–Crippen LogP) is 2.71. The first kappa shape index (κ1) is 21.2. The number of hydrogen-bond acceptors (Lipinski definition) is 4. The molecule has 1 aromatic heterocycles. The van der Waals surface area contributed by atoms with E-state index in [2.05, 4.69) is 24.3 Å². The van der Waals surface area contributed by atoms with E-state index in [-0.39, 0.29) is 12.2 Å². The first-order chi connectivity index (χ1) is 14.4. The van der Waals surface area contributed by atoms with Crippen molar-refractivity contribution in [1.29, 1.82) is 0 Å². The molecule has 0 saturated carbocycles. The third kappa shape index (κ3) is 4.56. The van der Waals surface area contributed by atoms with Crippen molar-refractivity contribution in [2.75, 3.05) is 6.54 Å². The fourth-order valence-electron chi connectivity index (χ4n) is 3.05. The first-order valence-corrected chi connectivity index (χ1v) is 10.1. The minimum atomic E-state index is -0.701. The van der Waals surface area contributed by atoms with Crippen LogP contribution in [0, 0.1) is 0 Å². The Morgan fingerprint density at radius 3 is 2.30 bits per heavy atom. The minimum Gasteiger partial charge on any atom is -0.350 e. The van der Waals surface area contributed by atoms with E-state index >= 15 is 0 Å². The Bertz CT molecular complexity index is 1130. The van der Waals surface area contributed by atoms with Crippen molar-refractivity contribution < 1.29 is 4.79 Å². The van der Waals surface area contributed by atoms with Crippen molar-refractivity contribution in [3.8, 4) is 5.69 Å². The summed E-state index contributed by atoms with van der Waals surface area (Å²) in [5.74, 6) is -0.248. The summed E-state index contributed by atoms with van der Waals surface area (Å²) in [6, 6.07) is 16.5.